The van der Waals surface area contributed by atoms with Crippen LogP contribution in [0.3, 0.4) is 0 Å². The van der Waals surface area contributed by atoms with Crippen LogP contribution in [0.15, 0.2) is 67.2 Å². The lowest BCUT2D eigenvalue weighted by atomic mass is 9.96. The van der Waals surface area contributed by atoms with Crippen molar-refractivity contribution < 1.29 is 4.74 Å². The van der Waals surface area contributed by atoms with Crippen molar-refractivity contribution in [1.29, 1.82) is 0 Å². The highest BCUT2D eigenvalue weighted by Crippen LogP contribution is 2.30. The number of benzene rings is 3. The fourth-order valence-corrected chi connectivity index (χ4v) is 3.23. The quantitative estimate of drug-likeness (QED) is 0.439. The molecule has 26 heavy (non-hydrogen) atoms. The van der Waals surface area contributed by atoms with Gasteiger partial charge in [0, 0.05) is 10.6 Å². The molecule has 0 bridgehead atoms. The van der Waals surface area contributed by atoms with Crippen molar-refractivity contribution in [3.8, 4) is 16.9 Å². The van der Waals surface area contributed by atoms with Gasteiger partial charge in [0.15, 0.2) is 0 Å². The fraction of sp³-hybridized carbons (Fsp3) is 0.0833. The Kier molecular flexibility index (Phi) is 5.60. The van der Waals surface area contributed by atoms with Crippen molar-refractivity contribution in [3.63, 3.8) is 0 Å². The van der Waals surface area contributed by atoms with Gasteiger partial charge in [-0.3, -0.25) is 0 Å². The smallest absolute Gasteiger partial charge is 0.126 e. The van der Waals surface area contributed by atoms with Gasteiger partial charge in [0.1, 0.15) is 5.75 Å². The average molecular weight is 361 g/mol. The van der Waals surface area contributed by atoms with Crippen molar-refractivity contribution in [1.82, 2.24) is 0 Å². The molecule has 0 aliphatic carbocycles. The first-order valence-electron chi connectivity index (χ1n) is 8.47. The van der Waals surface area contributed by atoms with E-state index in [0.29, 0.717) is 5.02 Å². The zero-order valence-corrected chi connectivity index (χ0v) is 15.8. The Morgan fingerprint density at radius 2 is 1.62 bits per heavy atom. The monoisotopic (exact) mass is 360 g/mol. The summed E-state index contributed by atoms with van der Waals surface area (Å²) < 4.78 is 5.42. The summed E-state index contributed by atoms with van der Waals surface area (Å²) >= 11 is 6.42. The molecule has 3 rings (SSSR count). The van der Waals surface area contributed by atoms with Crippen LogP contribution in [-0.4, -0.2) is 7.11 Å². The standard InChI is InChI=1S/C24H21ClO/c1-4-18-15-23(25)21(16-24(18)26-3)14-13-19-11-8-12-22(17(19)2)20-9-6-5-7-10-20/h4-16H,1H2,2-3H3/b14-13+. The molecule has 0 spiro atoms. The number of halogens is 1. The molecule has 3 aromatic rings. The van der Waals surface area contributed by atoms with Crippen molar-refractivity contribution in [2.75, 3.05) is 7.11 Å². The Morgan fingerprint density at radius 1 is 0.885 bits per heavy atom. The molecule has 0 saturated carbocycles. The van der Waals surface area contributed by atoms with E-state index >= 15 is 0 Å². The molecular formula is C24H21ClO. The summed E-state index contributed by atoms with van der Waals surface area (Å²) in [6, 6.07) is 20.6. The van der Waals surface area contributed by atoms with E-state index in [1.165, 1.54) is 16.7 Å². The summed E-state index contributed by atoms with van der Waals surface area (Å²) in [4.78, 5) is 0. The molecule has 0 amide bonds. The summed E-state index contributed by atoms with van der Waals surface area (Å²) in [7, 11) is 1.65. The van der Waals surface area contributed by atoms with Gasteiger partial charge in [0.25, 0.3) is 0 Å². The number of hydrogen-bond acceptors (Lipinski definition) is 1. The highest BCUT2D eigenvalue weighted by molar-refractivity contribution is 6.32. The number of hydrogen-bond donors (Lipinski definition) is 0. The molecule has 130 valence electrons. The van der Waals surface area contributed by atoms with E-state index in [2.05, 4.69) is 62.0 Å². The SMILES string of the molecule is C=Cc1cc(Cl)c(/C=C/c2cccc(-c3ccccc3)c2C)cc1OC. The van der Waals surface area contributed by atoms with Crippen LogP contribution in [0.5, 0.6) is 5.75 Å². The molecule has 0 aliphatic heterocycles. The summed E-state index contributed by atoms with van der Waals surface area (Å²) in [5, 5.41) is 0.675. The van der Waals surface area contributed by atoms with Crippen molar-refractivity contribution in [2.24, 2.45) is 0 Å². The molecule has 0 saturated heterocycles. The van der Waals surface area contributed by atoms with Crippen LogP contribution in [0.4, 0.5) is 0 Å². The van der Waals surface area contributed by atoms with Gasteiger partial charge in [-0.1, -0.05) is 84.9 Å². The summed E-state index contributed by atoms with van der Waals surface area (Å²) in [5.41, 5.74) is 6.65. The summed E-state index contributed by atoms with van der Waals surface area (Å²) in [6.07, 6.45) is 5.86. The Labute approximate surface area is 160 Å². The Hall–Kier alpha value is -2.77. The van der Waals surface area contributed by atoms with Gasteiger partial charge >= 0.3 is 0 Å². The van der Waals surface area contributed by atoms with Gasteiger partial charge in [-0.25, -0.2) is 0 Å². The third-order valence-electron chi connectivity index (χ3n) is 4.47. The maximum absolute atomic E-state index is 6.42. The lowest BCUT2D eigenvalue weighted by Crippen LogP contribution is -1.89. The molecule has 0 aromatic heterocycles. The fourth-order valence-electron chi connectivity index (χ4n) is 2.99. The number of methoxy groups -OCH3 is 1. The minimum absolute atomic E-state index is 0.675. The first kappa shape index (κ1) is 18.0. The molecular weight excluding hydrogens is 340 g/mol. The van der Waals surface area contributed by atoms with E-state index < -0.39 is 0 Å². The number of ether oxygens (including phenoxy) is 1. The molecule has 0 unspecified atom stereocenters. The van der Waals surface area contributed by atoms with Gasteiger partial charge in [0.05, 0.1) is 7.11 Å². The number of rotatable bonds is 5. The lowest BCUT2D eigenvalue weighted by Gasteiger charge is -2.10. The minimum Gasteiger partial charge on any atom is -0.496 e. The van der Waals surface area contributed by atoms with Crippen LogP contribution >= 0.6 is 11.6 Å². The predicted octanol–water partition coefficient (Wildman–Crippen LogP) is 7.14. The van der Waals surface area contributed by atoms with Crippen LogP contribution in [0, 0.1) is 6.92 Å². The van der Waals surface area contributed by atoms with Crippen molar-refractivity contribution >= 4 is 29.8 Å². The van der Waals surface area contributed by atoms with Gasteiger partial charge in [0.2, 0.25) is 0 Å². The highest BCUT2D eigenvalue weighted by atomic mass is 35.5. The molecule has 0 atom stereocenters. The van der Waals surface area contributed by atoms with Crippen LogP contribution in [0.2, 0.25) is 5.02 Å². The maximum atomic E-state index is 6.42. The second kappa shape index (κ2) is 8.07. The van der Waals surface area contributed by atoms with E-state index in [0.717, 1.165) is 22.4 Å². The van der Waals surface area contributed by atoms with Crippen molar-refractivity contribution in [3.05, 3.63) is 94.5 Å². The summed E-state index contributed by atoms with van der Waals surface area (Å²) in [6.45, 7) is 5.94. The third-order valence-corrected chi connectivity index (χ3v) is 4.80. The van der Waals surface area contributed by atoms with E-state index in [4.69, 9.17) is 16.3 Å². The maximum Gasteiger partial charge on any atom is 0.126 e. The van der Waals surface area contributed by atoms with E-state index in [-0.39, 0.29) is 0 Å². The van der Waals surface area contributed by atoms with Crippen molar-refractivity contribution in [2.45, 2.75) is 6.92 Å². The zero-order chi connectivity index (χ0) is 18.5. The van der Waals surface area contributed by atoms with E-state index in [1.807, 2.05) is 24.3 Å². The Balaban J connectivity index is 1.98. The van der Waals surface area contributed by atoms with E-state index in [1.54, 1.807) is 13.2 Å². The minimum atomic E-state index is 0.675. The third kappa shape index (κ3) is 3.74. The molecule has 0 radical (unpaired) electrons. The van der Waals surface area contributed by atoms with Gasteiger partial charge < -0.3 is 4.74 Å². The van der Waals surface area contributed by atoms with Crippen LogP contribution in [0.25, 0.3) is 29.4 Å². The normalized spacial score (nSPS) is 10.9. The first-order valence-corrected chi connectivity index (χ1v) is 8.85. The highest BCUT2D eigenvalue weighted by Gasteiger charge is 2.07. The predicted molar refractivity (Wildman–Crippen MR) is 114 cm³/mol. The molecule has 2 heteroatoms. The van der Waals surface area contributed by atoms with Gasteiger partial charge in [-0.2, -0.15) is 0 Å². The topological polar surface area (TPSA) is 9.23 Å². The molecule has 1 nitrogen and oxygen atoms in total. The molecule has 0 fully saturated rings. The zero-order valence-electron chi connectivity index (χ0n) is 15.0. The van der Waals surface area contributed by atoms with Crippen LogP contribution < -0.4 is 4.74 Å². The molecule has 0 N–H and O–H groups in total. The second-order valence-electron chi connectivity index (χ2n) is 6.04. The van der Waals surface area contributed by atoms with Gasteiger partial charge in [-0.05, 0) is 46.9 Å². The molecule has 3 aromatic carbocycles. The first-order chi connectivity index (χ1) is 12.6. The summed E-state index contributed by atoms with van der Waals surface area (Å²) in [5.74, 6) is 0.763. The Morgan fingerprint density at radius 3 is 2.31 bits per heavy atom. The Bertz CT molecular complexity index is 955. The van der Waals surface area contributed by atoms with Crippen LogP contribution in [0.1, 0.15) is 22.3 Å². The molecule has 0 heterocycles. The molecule has 0 aliphatic rings. The lowest BCUT2D eigenvalue weighted by molar-refractivity contribution is 0.414. The largest absolute Gasteiger partial charge is 0.496 e. The van der Waals surface area contributed by atoms with Gasteiger partial charge in [-0.15, -0.1) is 0 Å². The second-order valence-corrected chi connectivity index (χ2v) is 6.45. The van der Waals surface area contributed by atoms with Crippen LogP contribution in [-0.2, 0) is 0 Å². The van der Waals surface area contributed by atoms with E-state index in [9.17, 15) is 0 Å². The average Bonchev–Trinajstić information content (AvgIpc) is 2.68.